The van der Waals surface area contributed by atoms with Crippen LogP contribution in [0.4, 0.5) is 0 Å². The molecule has 5 nitrogen and oxygen atoms in total. The summed E-state index contributed by atoms with van der Waals surface area (Å²) in [4.78, 5) is 22.3. The van der Waals surface area contributed by atoms with E-state index >= 15 is 0 Å². The molecule has 2 N–H and O–H groups in total. The van der Waals surface area contributed by atoms with Gasteiger partial charge in [0.15, 0.2) is 0 Å². The van der Waals surface area contributed by atoms with Gasteiger partial charge in [0.05, 0.1) is 5.52 Å². The summed E-state index contributed by atoms with van der Waals surface area (Å²) >= 11 is 0. The summed E-state index contributed by atoms with van der Waals surface area (Å²) < 4.78 is 0. The number of hydrogen-bond acceptors (Lipinski definition) is 4. The first-order valence-electron chi connectivity index (χ1n) is 11.1. The smallest absolute Gasteiger partial charge is 0.222 e. The second kappa shape index (κ2) is 7.37. The van der Waals surface area contributed by atoms with Gasteiger partial charge in [-0.15, -0.1) is 0 Å². The molecule has 2 saturated heterocycles. The number of likely N-dealkylation sites (tertiary alicyclic amines) is 2. The van der Waals surface area contributed by atoms with Gasteiger partial charge in [-0.3, -0.25) is 9.78 Å². The van der Waals surface area contributed by atoms with E-state index in [1.807, 2.05) is 12.3 Å². The average Bonchev–Trinajstić information content (AvgIpc) is 3.17. The fourth-order valence-corrected chi connectivity index (χ4v) is 6.05. The highest BCUT2D eigenvalue weighted by molar-refractivity contribution is 5.86. The van der Waals surface area contributed by atoms with Crippen LogP contribution >= 0.6 is 0 Å². The van der Waals surface area contributed by atoms with Crippen molar-refractivity contribution in [1.82, 2.24) is 14.8 Å². The summed E-state index contributed by atoms with van der Waals surface area (Å²) in [5.74, 6) is 3.41. The predicted molar refractivity (Wildman–Crippen MR) is 115 cm³/mol. The quantitative estimate of drug-likeness (QED) is 0.869. The fraction of sp³-hybridized carbons (Fsp3) is 0.583. The Kier molecular flexibility index (Phi) is 4.83. The maximum absolute atomic E-state index is 13.1. The number of benzene rings is 1. The summed E-state index contributed by atoms with van der Waals surface area (Å²) in [5, 5.41) is 1.20. The number of carbonyl (C=O) groups is 1. The van der Waals surface area contributed by atoms with Crippen LogP contribution in [0.2, 0.25) is 0 Å². The largest absolute Gasteiger partial charge is 0.342 e. The first-order valence-corrected chi connectivity index (χ1v) is 11.1. The molecule has 0 spiro atoms. The van der Waals surface area contributed by atoms with Crippen molar-refractivity contribution in [1.29, 1.82) is 0 Å². The van der Waals surface area contributed by atoms with Gasteiger partial charge in [-0.2, -0.15) is 0 Å². The van der Waals surface area contributed by atoms with E-state index in [1.165, 1.54) is 24.0 Å². The Bertz CT molecular complexity index is 916. The van der Waals surface area contributed by atoms with Crippen LogP contribution in [0.15, 0.2) is 30.5 Å². The zero-order valence-corrected chi connectivity index (χ0v) is 17.6. The minimum absolute atomic E-state index is 0.365. The van der Waals surface area contributed by atoms with Crippen molar-refractivity contribution in [2.45, 2.75) is 32.2 Å². The average molecular weight is 393 g/mol. The Morgan fingerprint density at radius 2 is 1.97 bits per heavy atom. The van der Waals surface area contributed by atoms with Gasteiger partial charge in [-0.25, -0.2) is 0 Å². The summed E-state index contributed by atoms with van der Waals surface area (Å²) in [6.45, 7) is 6.86. The van der Waals surface area contributed by atoms with Crippen molar-refractivity contribution >= 4 is 16.8 Å². The van der Waals surface area contributed by atoms with Gasteiger partial charge in [0.1, 0.15) is 0 Å². The third-order valence-electron chi connectivity index (χ3n) is 7.52. The van der Waals surface area contributed by atoms with Crippen LogP contribution in [0.5, 0.6) is 0 Å². The molecule has 1 aromatic heterocycles. The Labute approximate surface area is 173 Å². The number of fused-ring (bicyclic) bond motifs is 2. The van der Waals surface area contributed by atoms with E-state index in [1.54, 1.807) is 0 Å². The number of rotatable bonds is 4. The molecule has 3 heterocycles. The summed E-state index contributed by atoms with van der Waals surface area (Å²) in [6, 6.07) is 8.50. The maximum atomic E-state index is 13.1. The number of aromatic nitrogens is 1. The summed E-state index contributed by atoms with van der Waals surface area (Å²) in [7, 11) is 2.19. The molecular formula is C24H32N4O. The number of nitrogens with two attached hydrogens (primary N) is 1. The minimum Gasteiger partial charge on any atom is -0.342 e. The number of piperidine rings is 2. The highest BCUT2D eigenvalue weighted by atomic mass is 16.2. The minimum atomic E-state index is 0.365. The lowest BCUT2D eigenvalue weighted by atomic mass is 9.83. The lowest BCUT2D eigenvalue weighted by Gasteiger charge is -2.37. The maximum Gasteiger partial charge on any atom is 0.222 e. The number of carbonyl (C=O) groups excluding carboxylic acids is 1. The third kappa shape index (κ3) is 3.44. The summed E-state index contributed by atoms with van der Waals surface area (Å²) in [6.07, 6.45) is 3.71. The molecule has 5 heteroatoms. The Hall–Kier alpha value is -1.98. The first-order chi connectivity index (χ1) is 14.0. The molecule has 0 unspecified atom stereocenters. The molecule has 3 aliphatic rings. The Morgan fingerprint density at radius 3 is 2.72 bits per heavy atom. The van der Waals surface area contributed by atoms with Crippen molar-refractivity contribution in [2.24, 2.45) is 29.4 Å². The van der Waals surface area contributed by atoms with E-state index < -0.39 is 0 Å². The van der Waals surface area contributed by atoms with Gasteiger partial charge in [0.25, 0.3) is 0 Å². The molecule has 154 valence electrons. The van der Waals surface area contributed by atoms with Crippen molar-refractivity contribution in [3.63, 3.8) is 0 Å². The van der Waals surface area contributed by atoms with E-state index in [0.717, 1.165) is 48.8 Å². The molecule has 3 fully saturated rings. The molecule has 2 aliphatic heterocycles. The van der Waals surface area contributed by atoms with E-state index in [-0.39, 0.29) is 0 Å². The zero-order chi connectivity index (χ0) is 20.1. The van der Waals surface area contributed by atoms with Gasteiger partial charge >= 0.3 is 0 Å². The Morgan fingerprint density at radius 1 is 1.17 bits per heavy atom. The lowest BCUT2D eigenvalue weighted by molar-refractivity contribution is -0.133. The molecular weight excluding hydrogens is 360 g/mol. The second-order valence-electron chi connectivity index (χ2n) is 9.67. The van der Waals surface area contributed by atoms with Gasteiger partial charge in [0, 0.05) is 56.6 Å². The van der Waals surface area contributed by atoms with Crippen LogP contribution in [0.1, 0.15) is 36.8 Å². The van der Waals surface area contributed by atoms with Crippen LogP contribution < -0.4 is 5.73 Å². The van der Waals surface area contributed by atoms with Crippen LogP contribution in [-0.2, 0) is 11.3 Å². The van der Waals surface area contributed by atoms with Crippen LogP contribution in [-0.4, -0.2) is 53.9 Å². The van der Waals surface area contributed by atoms with Gasteiger partial charge in [-0.1, -0.05) is 25.1 Å². The first kappa shape index (κ1) is 19.0. The number of hydrogen-bond donors (Lipinski definition) is 1. The van der Waals surface area contributed by atoms with E-state index in [4.69, 9.17) is 5.73 Å². The van der Waals surface area contributed by atoms with Crippen molar-refractivity contribution in [2.75, 3.05) is 33.2 Å². The SMILES string of the molecule is C[C@@H]1C[C@@H](c2ccc(CN)c3ncccc23)CN(C(=O)C[C@@H]2[C@H]3CN(C)C[C@@H]23)C1. The second-order valence-corrected chi connectivity index (χ2v) is 9.67. The molecule has 0 radical (unpaired) electrons. The highest BCUT2D eigenvalue weighted by Gasteiger charge is 2.55. The summed E-state index contributed by atoms with van der Waals surface area (Å²) in [5.41, 5.74) is 9.35. The highest BCUT2D eigenvalue weighted by Crippen LogP contribution is 2.53. The van der Waals surface area contributed by atoms with E-state index in [9.17, 15) is 4.79 Å². The van der Waals surface area contributed by atoms with Gasteiger partial charge < -0.3 is 15.5 Å². The molecule has 1 aromatic carbocycles. The van der Waals surface area contributed by atoms with E-state index in [0.29, 0.717) is 30.2 Å². The molecule has 5 rings (SSSR count). The number of amides is 1. The number of nitrogens with zero attached hydrogens (tertiary/aromatic N) is 3. The van der Waals surface area contributed by atoms with Gasteiger partial charge in [0.2, 0.25) is 5.91 Å². The molecule has 29 heavy (non-hydrogen) atoms. The topological polar surface area (TPSA) is 62.5 Å². The van der Waals surface area contributed by atoms with Crippen LogP contribution in [0.3, 0.4) is 0 Å². The molecule has 1 saturated carbocycles. The van der Waals surface area contributed by atoms with E-state index in [2.05, 4.69) is 47.0 Å². The third-order valence-corrected chi connectivity index (χ3v) is 7.52. The van der Waals surface area contributed by atoms with Crippen molar-refractivity contribution < 1.29 is 4.79 Å². The molecule has 5 atom stereocenters. The van der Waals surface area contributed by atoms with Crippen molar-refractivity contribution in [3.05, 3.63) is 41.6 Å². The zero-order valence-electron chi connectivity index (χ0n) is 17.6. The Balaban J connectivity index is 1.34. The standard InChI is InChI=1S/C24H32N4O/c1-15-8-17(18-6-5-16(10-25)24-19(18)4-3-7-26-24)12-28(11-15)23(29)9-20-21-13-27(2)14-22(20)21/h3-7,15,17,20-22H,8-14,25H2,1-2H3/t15-,17-,20-,21-,22+/m1/s1. The normalized spacial score (nSPS) is 31.8. The van der Waals surface area contributed by atoms with Gasteiger partial charge in [-0.05, 0) is 54.3 Å². The number of pyridine rings is 1. The lowest BCUT2D eigenvalue weighted by Crippen LogP contribution is -2.43. The van der Waals surface area contributed by atoms with Crippen LogP contribution in [0, 0.1) is 23.7 Å². The fourth-order valence-electron chi connectivity index (χ4n) is 6.05. The molecule has 1 aliphatic carbocycles. The molecule has 1 amide bonds. The van der Waals surface area contributed by atoms with Crippen molar-refractivity contribution in [3.8, 4) is 0 Å². The predicted octanol–water partition coefficient (Wildman–Crippen LogP) is 2.84. The molecule has 2 aromatic rings. The monoisotopic (exact) mass is 392 g/mol. The molecule has 0 bridgehead atoms. The van der Waals surface area contributed by atoms with Crippen LogP contribution in [0.25, 0.3) is 10.9 Å².